The number of likely N-dealkylation sites (tertiary alicyclic amines) is 1. The van der Waals surface area contributed by atoms with Crippen molar-refractivity contribution in [1.29, 1.82) is 5.26 Å². The van der Waals surface area contributed by atoms with E-state index >= 15 is 0 Å². The van der Waals surface area contributed by atoms with Crippen molar-refractivity contribution in [2.45, 2.75) is 51.6 Å². The van der Waals surface area contributed by atoms with Crippen molar-refractivity contribution in [1.82, 2.24) is 9.88 Å². The second-order valence-corrected chi connectivity index (χ2v) is 11.1. The Kier molecular flexibility index (Phi) is 9.65. The largest absolute Gasteiger partial charge is 0.488 e. The molecule has 2 heterocycles. The van der Waals surface area contributed by atoms with Gasteiger partial charge in [-0.3, -0.25) is 14.7 Å². The number of carboxylic acids is 1. The van der Waals surface area contributed by atoms with E-state index in [2.05, 4.69) is 4.98 Å². The van der Waals surface area contributed by atoms with Crippen LogP contribution in [-0.4, -0.2) is 33.5 Å². The molecule has 1 N–H and O–H groups in total. The van der Waals surface area contributed by atoms with E-state index in [0.29, 0.717) is 24.1 Å². The zero-order valence-electron chi connectivity index (χ0n) is 24.7. The number of ether oxygens (including phenoxy) is 1. The van der Waals surface area contributed by atoms with Crippen LogP contribution in [0, 0.1) is 18.3 Å². The van der Waals surface area contributed by atoms with E-state index < -0.39 is 23.8 Å². The van der Waals surface area contributed by atoms with Gasteiger partial charge in [0.25, 0.3) is 0 Å². The van der Waals surface area contributed by atoms with Crippen LogP contribution in [0.3, 0.4) is 0 Å². The number of pyridine rings is 1. The Balaban J connectivity index is 1.56. The lowest BCUT2D eigenvalue weighted by molar-refractivity contribution is -0.145. The zero-order valence-corrected chi connectivity index (χ0v) is 24.7. The fourth-order valence-electron chi connectivity index (χ4n) is 5.69. The van der Waals surface area contributed by atoms with Gasteiger partial charge in [0.2, 0.25) is 0 Å². The molecule has 0 bridgehead atoms. The highest BCUT2D eigenvalue weighted by Crippen LogP contribution is 2.38. The Morgan fingerprint density at radius 2 is 1.84 bits per heavy atom. The van der Waals surface area contributed by atoms with E-state index in [1.54, 1.807) is 17.0 Å². The summed E-state index contributed by atoms with van der Waals surface area (Å²) in [5, 5.41) is 19.0. The first-order valence-corrected chi connectivity index (χ1v) is 14.6. The summed E-state index contributed by atoms with van der Waals surface area (Å²) >= 11 is 0. The summed E-state index contributed by atoms with van der Waals surface area (Å²) in [6, 6.07) is 20.7. The van der Waals surface area contributed by atoms with Crippen LogP contribution in [0.15, 0.2) is 79.1 Å². The minimum absolute atomic E-state index is 0.0198. The molecule has 0 radical (unpaired) electrons. The Labute approximate surface area is 260 Å². The third-order valence-electron chi connectivity index (χ3n) is 8.03. The number of halogens is 3. The van der Waals surface area contributed by atoms with Gasteiger partial charge in [-0.25, -0.2) is 0 Å². The summed E-state index contributed by atoms with van der Waals surface area (Å²) < 4.78 is 49.7. The number of alkyl halides is 3. The SMILES string of the molecule is Cc1c(C=Cc2cc(OCc3cncc(C#N)c3)c(CN3CCCCC3C(=O)O)cc2C(F)(F)F)cccc1-c1ccccc1. The predicted octanol–water partition coefficient (Wildman–Crippen LogP) is 8.14. The number of piperidine rings is 1. The number of rotatable bonds is 9. The summed E-state index contributed by atoms with van der Waals surface area (Å²) in [5.74, 6) is -0.797. The average Bonchev–Trinajstić information content (AvgIpc) is 3.04. The number of hydrogen-bond acceptors (Lipinski definition) is 5. The van der Waals surface area contributed by atoms with Crippen molar-refractivity contribution >= 4 is 18.1 Å². The molecule has 6 nitrogen and oxygen atoms in total. The zero-order chi connectivity index (χ0) is 32.0. The molecule has 9 heteroatoms. The second-order valence-electron chi connectivity index (χ2n) is 11.1. The summed E-state index contributed by atoms with van der Waals surface area (Å²) in [6.45, 7) is 2.33. The fraction of sp³-hybridized carbons (Fsp3) is 0.250. The van der Waals surface area contributed by atoms with Crippen molar-refractivity contribution in [3.05, 3.63) is 118 Å². The summed E-state index contributed by atoms with van der Waals surface area (Å²) in [6.07, 6.45) is 3.28. The highest BCUT2D eigenvalue weighted by molar-refractivity contribution is 5.78. The van der Waals surface area contributed by atoms with Crippen molar-refractivity contribution in [2.75, 3.05) is 6.54 Å². The molecule has 0 saturated carbocycles. The minimum atomic E-state index is -4.67. The van der Waals surface area contributed by atoms with Gasteiger partial charge in [0.1, 0.15) is 24.5 Å². The van der Waals surface area contributed by atoms with Crippen LogP contribution in [-0.2, 0) is 24.1 Å². The maximum absolute atomic E-state index is 14.5. The number of benzene rings is 3. The molecule has 0 amide bonds. The summed E-state index contributed by atoms with van der Waals surface area (Å²) in [5.41, 5.74) is 3.91. The minimum Gasteiger partial charge on any atom is -0.488 e. The number of aliphatic carboxylic acids is 1. The molecule has 45 heavy (non-hydrogen) atoms. The van der Waals surface area contributed by atoms with Crippen LogP contribution in [0.4, 0.5) is 13.2 Å². The number of hydrogen-bond donors (Lipinski definition) is 1. The van der Waals surface area contributed by atoms with Crippen LogP contribution < -0.4 is 4.74 Å². The molecule has 0 spiro atoms. The monoisotopic (exact) mass is 611 g/mol. The van der Waals surface area contributed by atoms with Crippen LogP contribution in [0.1, 0.15) is 58.2 Å². The Morgan fingerprint density at radius 3 is 2.58 bits per heavy atom. The molecule has 1 aliphatic heterocycles. The predicted molar refractivity (Wildman–Crippen MR) is 166 cm³/mol. The molecule has 1 fully saturated rings. The van der Waals surface area contributed by atoms with Crippen molar-refractivity contribution < 1.29 is 27.8 Å². The number of nitrogens with zero attached hydrogens (tertiary/aromatic N) is 3. The van der Waals surface area contributed by atoms with Crippen LogP contribution in [0.25, 0.3) is 23.3 Å². The Hall–Kier alpha value is -4.94. The molecule has 0 aliphatic carbocycles. The first-order valence-electron chi connectivity index (χ1n) is 14.6. The molecule has 3 aromatic carbocycles. The van der Waals surface area contributed by atoms with Gasteiger partial charge in [0.05, 0.1) is 11.1 Å². The van der Waals surface area contributed by atoms with Crippen LogP contribution in [0.2, 0.25) is 0 Å². The molecule has 5 rings (SSSR count). The maximum atomic E-state index is 14.5. The highest BCUT2D eigenvalue weighted by Gasteiger charge is 2.35. The molecule has 1 saturated heterocycles. The van der Waals surface area contributed by atoms with E-state index in [-0.39, 0.29) is 30.0 Å². The number of nitriles is 1. The molecular weight excluding hydrogens is 579 g/mol. The van der Waals surface area contributed by atoms with E-state index in [0.717, 1.165) is 41.2 Å². The van der Waals surface area contributed by atoms with Crippen molar-refractivity contribution in [2.24, 2.45) is 0 Å². The Morgan fingerprint density at radius 1 is 1.07 bits per heavy atom. The van der Waals surface area contributed by atoms with Gasteiger partial charge in [-0.05, 0) is 72.3 Å². The number of carboxylic acid groups (broad SMARTS) is 1. The van der Waals surface area contributed by atoms with E-state index in [1.807, 2.05) is 61.5 Å². The van der Waals surface area contributed by atoms with Gasteiger partial charge in [0, 0.05) is 30.1 Å². The molecule has 230 valence electrons. The maximum Gasteiger partial charge on any atom is 0.417 e. The smallest absolute Gasteiger partial charge is 0.417 e. The second kappa shape index (κ2) is 13.8. The normalized spacial score (nSPS) is 15.6. The fourth-order valence-corrected chi connectivity index (χ4v) is 5.69. The molecule has 1 aromatic heterocycles. The van der Waals surface area contributed by atoms with Crippen LogP contribution >= 0.6 is 0 Å². The number of carbonyl (C=O) groups is 1. The molecule has 1 aliphatic rings. The first kappa shape index (κ1) is 31.5. The quantitative estimate of drug-likeness (QED) is 0.192. The van der Waals surface area contributed by atoms with E-state index in [1.165, 1.54) is 24.5 Å². The van der Waals surface area contributed by atoms with Gasteiger partial charge in [-0.2, -0.15) is 18.4 Å². The van der Waals surface area contributed by atoms with Gasteiger partial charge in [0.15, 0.2) is 0 Å². The molecule has 4 aromatic rings. The molecule has 1 atom stereocenters. The molecular formula is C36H32F3N3O3. The molecule has 1 unspecified atom stereocenters. The highest BCUT2D eigenvalue weighted by atomic mass is 19.4. The third-order valence-corrected chi connectivity index (χ3v) is 8.03. The van der Waals surface area contributed by atoms with E-state index in [4.69, 9.17) is 4.74 Å². The van der Waals surface area contributed by atoms with Crippen molar-refractivity contribution in [3.63, 3.8) is 0 Å². The first-order chi connectivity index (χ1) is 21.6. The average molecular weight is 612 g/mol. The van der Waals surface area contributed by atoms with E-state index in [9.17, 15) is 28.3 Å². The van der Waals surface area contributed by atoms with Crippen LogP contribution in [0.5, 0.6) is 5.75 Å². The van der Waals surface area contributed by atoms with Gasteiger partial charge < -0.3 is 9.84 Å². The number of aromatic nitrogens is 1. The lowest BCUT2D eigenvalue weighted by atomic mass is 9.95. The lowest BCUT2D eigenvalue weighted by Gasteiger charge is -2.33. The lowest BCUT2D eigenvalue weighted by Crippen LogP contribution is -2.44. The van der Waals surface area contributed by atoms with Crippen molar-refractivity contribution in [3.8, 4) is 22.9 Å². The standard InChI is InChI=1S/C36H32F3N3O3/c1-24-27(10-7-11-31(24)28-8-3-2-4-9-28)13-14-29-18-34(45-23-26-16-25(19-40)20-41-21-26)30(17-32(29)36(37,38)39)22-42-15-6-5-12-33(42)35(43)44/h2-4,7-11,13-14,16-18,20-21,33H,5-6,12,15,22-23H2,1H3,(H,43,44). The Bertz CT molecular complexity index is 1750. The summed E-state index contributed by atoms with van der Waals surface area (Å²) in [7, 11) is 0. The third kappa shape index (κ3) is 7.59. The van der Waals surface area contributed by atoms with Gasteiger partial charge >= 0.3 is 12.1 Å². The van der Waals surface area contributed by atoms with Gasteiger partial charge in [-0.1, -0.05) is 67.1 Å². The van der Waals surface area contributed by atoms with Gasteiger partial charge in [-0.15, -0.1) is 0 Å². The summed E-state index contributed by atoms with van der Waals surface area (Å²) in [4.78, 5) is 17.7. The topological polar surface area (TPSA) is 86.5 Å².